The second-order valence-corrected chi connectivity index (χ2v) is 7.06. The monoisotopic (exact) mass is 293 g/mol. The van der Waals surface area contributed by atoms with E-state index >= 15 is 0 Å². The van der Waals surface area contributed by atoms with Gasteiger partial charge in [-0.25, -0.2) is 8.42 Å². The summed E-state index contributed by atoms with van der Waals surface area (Å²) in [6.07, 6.45) is 1.20. The Morgan fingerprint density at radius 1 is 1.32 bits per heavy atom. The van der Waals surface area contributed by atoms with Crippen molar-refractivity contribution in [2.75, 3.05) is 45.6 Å². The number of piperazine rings is 1. The number of sulfonamides is 1. The Morgan fingerprint density at radius 3 is 2.26 bits per heavy atom. The van der Waals surface area contributed by atoms with E-state index in [1.807, 2.05) is 4.90 Å². The molecule has 19 heavy (non-hydrogen) atoms. The largest absolute Gasteiger partial charge is 0.465 e. The normalized spacial score (nSPS) is 21.9. The van der Waals surface area contributed by atoms with Crippen LogP contribution >= 0.6 is 0 Å². The Kier molecular flexibility index (Phi) is 5.31. The van der Waals surface area contributed by atoms with Crippen molar-refractivity contribution in [2.45, 2.75) is 19.4 Å². The van der Waals surface area contributed by atoms with Crippen LogP contribution in [-0.4, -0.2) is 74.7 Å². The van der Waals surface area contributed by atoms with Crippen LogP contribution < -0.4 is 5.73 Å². The Balaban J connectivity index is 2.51. The zero-order valence-electron chi connectivity index (χ0n) is 11.8. The van der Waals surface area contributed by atoms with Crippen molar-refractivity contribution < 1.29 is 17.9 Å². The zero-order chi connectivity index (χ0) is 14.7. The number of nitrogens with two attached hydrogens (primary N) is 1. The van der Waals surface area contributed by atoms with Crippen molar-refractivity contribution in [2.24, 2.45) is 5.73 Å². The summed E-state index contributed by atoms with van der Waals surface area (Å²) >= 11 is 0. The Morgan fingerprint density at radius 2 is 1.84 bits per heavy atom. The number of esters is 1. The molecule has 0 bridgehead atoms. The first kappa shape index (κ1) is 16.4. The highest BCUT2D eigenvalue weighted by atomic mass is 32.2. The smallest absolute Gasteiger partial charge is 0.327 e. The minimum Gasteiger partial charge on any atom is -0.465 e. The van der Waals surface area contributed by atoms with Crippen molar-refractivity contribution in [1.82, 2.24) is 9.21 Å². The highest BCUT2D eigenvalue weighted by Gasteiger charge is 2.34. The van der Waals surface area contributed by atoms with Crippen molar-refractivity contribution in [3.63, 3.8) is 0 Å². The summed E-state index contributed by atoms with van der Waals surface area (Å²) in [7, 11) is -3.13. The second-order valence-electron chi connectivity index (χ2n) is 5.08. The van der Waals surface area contributed by atoms with Gasteiger partial charge in [-0.1, -0.05) is 0 Å². The molecule has 1 rings (SSSR count). The maximum Gasteiger partial charge on any atom is 0.327 e. The van der Waals surface area contributed by atoms with Gasteiger partial charge in [0.05, 0.1) is 12.9 Å². The molecule has 1 unspecified atom stereocenters. The molecule has 0 aliphatic carbocycles. The predicted molar refractivity (Wildman–Crippen MR) is 72.1 cm³/mol. The first-order valence-electron chi connectivity index (χ1n) is 6.30. The van der Waals surface area contributed by atoms with E-state index in [1.54, 1.807) is 13.8 Å². The minimum absolute atomic E-state index is 0.299. The summed E-state index contributed by atoms with van der Waals surface area (Å²) in [5.41, 5.74) is 4.88. The van der Waals surface area contributed by atoms with E-state index < -0.39 is 21.5 Å². The maximum absolute atomic E-state index is 11.7. The van der Waals surface area contributed by atoms with Gasteiger partial charge >= 0.3 is 5.97 Å². The lowest BCUT2D eigenvalue weighted by Crippen LogP contribution is -2.58. The van der Waals surface area contributed by atoms with Crippen LogP contribution in [0.25, 0.3) is 0 Å². The van der Waals surface area contributed by atoms with Crippen LogP contribution in [0.2, 0.25) is 0 Å². The lowest BCUT2D eigenvalue weighted by molar-refractivity contribution is -0.149. The molecule has 0 spiro atoms. The van der Waals surface area contributed by atoms with Gasteiger partial charge in [0, 0.05) is 32.7 Å². The van der Waals surface area contributed by atoms with Crippen LogP contribution in [0.4, 0.5) is 0 Å². The average molecular weight is 293 g/mol. The molecule has 0 aromatic rings. The topological polar surface area (TPSA) is 92.9 Å². The molecule has 2 N–H and O–H groups in total. The fourth-order valence-corrected chi connectivity index (χ4v) is 2.87. The quantitative estimate of drug-likeness (QED) is 0.643. The highest BCUT2D eigenvalue weighted by Crippen LogP contribution is 2.11. The molecule has 7 nitrogen and oxygen atoms in total. The molecular formula is C11H23N3O4S. The number of ether oxygens (including phenoxy) is 1. The van der Waals surface area contributed by atoms with Gasteiger partial charge in [0.25, 0.3) is 0 Å². The molecule has 1 fully saturated rings. The molecule has 0 amide bonds. The van der Waals surface area contributed by atoms with Crippen molar-refractivity contribution >= 4 is 16.0 Å². The van der Waals surface area contributed by atoms with Crippen LogP contribution in [0.15, 0.2) is 0 Å². The molecule has 0 radical (unpaired) electrons. The summed E-state index contributed by atoms with van der Waals surface area (Å²) in [4.78, 5) is 13.7. The minimum atomic E-state index is -3.13. The summed E-state index contributed by atoms with van der Waals surface area (Å²) < 4.78 is 29.1. The van der Waals surface area contributed by atoms with Crippen LogP contribution in [0.3, 0.4) is 0 Å². The van der Waals surface area contributed by atoms with Crippen LogP contribution in [-0.2, 0) is 19.6 Å². The molecule has 1 saturated heterocycles. The average Bonchev–Trinajstić information content (AvgIpc) is 2.28. The molecule has 1 aliphatic heterocycles. The second kappa shape index (κ2) is 6.17. The number of hydrogen-bond donors (Lipinski definition) is 1. The van der Waals surface area contributed by atoms with Gasteiger partial charge in [0.15, 0.2) is 0 Å². The van der Waals surface area contributed by atoms with Gasteiger partial charge in [-0.15, -0.1) is 0 Å². The fraction of sp³-hybridized carbons (Fsp3) is 0.909. The Hall–Kier alpha value is -0.700. The van der Waals surface area contributed by atoms with Gasteiger partial charge in [-0.3, -0.25) is 9.69 Å². The van der Waals surface area contributed by atoms with E-state index in [0.29, 0.717) is 39.3 Å². The van der Waals surface area contributed by atoms with E-state index in [9.17, 15) is 13.2 Å². The summed E-state index contributed by atoms with van der Waals surface area (Å²) in [6, 6.07) is 0. The molecule has 1 atom stereocenters. The third-order valence-corrected chi connectivity index (χ3v) is 4.40. The third-order valence-electron chi connectivity index (χ3n) is 3.09. The first-order valence-corrected chi connectivity index (χ1v) is 8.15. The van der Waals surface area contributed by atoms with Gasteiger partial charge in [0.1, 0.15) is 5.54 Å². The number of carbonyl (C=O) groups is 1. The number of rotatable bonds is 5. The summed E-state index contributed by atoms with van der Waals surface area (Å²) in [5.74, 6) is -0.430. The fourth-order valence-electron chi connectivity index (χ4n) is 2.04. The third kappa shape index (κ3) is 4.72. The zero-order valence-corrected chi connectivity index (χ0v) is 12.6. The van der Waals surface area contributed by atoms with E-state index in [0.717, 1.165) is 0 Å². The van der Waals surface area contributed by atoms with Crippen LogP contribution in [0, 0.1) is 0 Å². The van der Waals surface area contributed by atoms with Crippen molar-refractivity contribution in [3.8, 4) is 0 Å². The maximum atomic E-state index is 11.7. The van der Waals surface area contributed by atoms with Gasteiger partial charge in [-0.2, -0.15) is 4.31 Å². The lowest BCUT2D eigenvalue weighted by Gasteiger charge is -2.36. The highest BCUT2D eigenvalue weighted by molar-refractivity contribution is 7.88. The number of carbonyl (C=O) groups excluding carboxylic acids is 1. The SMILES string of the molecule is CCOC(=O)C(C)(N)CN1CCN(S(C)(=O)=O)CC1. The van der Waals surface area contributed by atoms with E-state index in [2.05, 4.69) is 0 Å². The van der Waals surface area contributed by atoms with E-state index in [-0.39, 0.29) is 0 Å². The van der Waals surface area contributed by atoms with Crippen molar-refractivity contribution in [3.05, 3.63) is 0 Å². The molecular weight excluding hydrogens is 270 g/mol. The molecule has 1 aliphatic rings. The predicted octanol–water partition coefficient (Wildman–Crippen LogP) is -1.16. The Bertz CT molecular complexity index is 414. The van der Waals surface area contributed by atoms with Gasteiger partial charge in [0.2, 0.25) is 10.0 Å². The van der Waals surface area contributed by atoms with Crippen LogP contribution in [0.5, 0.6) is 0 Å². The van der Waals surface area contributed by atoms with E-state index in [4.69, 9.17) is 10.5 Å². The van der Waals surface area contributed by atoms with Gasteiger partial charge < -0.3 is 10.5 Å². The molecule has 8 heteroatoms. The molecule has 0 aromatic heterocycles. The molecule has 112 valence electrons. The standard InChI is InChI=1S/C11H23N3O4S/c1-4-18-10(15)11(2,12)9-13-5-7-14(8-6-13)19(3,16)17/h4-9,12H2,1-3H3. The summed E-state index contributed by atoms with van der Waals surface area (Å²) in [6.45, 7) is 6.03. The van der Waals surface area contributed by atoms with Gasteiger partial charge in [-0.05, 0) is 13.8 Å². The summed E-state index contributed by atoms with van der Waals surface area (Å²) in [5, 5.41) is 0. The molecule has 0 saturated carbocycles. The molecule has 0 aromatic carbocycles. The molecule has 1 heterocycles. The van der Waals surface area contributed by atoms with Crippen LogP contribution in [0.1, 0.15) is 13.8 Å². The first-order chi connectivity index (χ1) is 8.66. The Labute approximate surface area is 114 Å². The van der Waals surface area contributed by atoms with E-state index in [1.165, 1.54) is 10.6 Å². The van der Waals surface area contributed by atoms with Crippen molar-refractivity contribution in [1.29, 1.82) is 0 Å². The number of nitrogens with zero attached hydrogens (tertiary/aromatic N) is 2. The number of hydrogen-bond acceptors (Lipinski definition) is 6. The lowest BCUT2D eigenvalue weighted by atomic mass is 10.0.